The molecule has 2 aromatic heterocycles. The fourth-order valence-corrected chi connectivity index (χ4v) is 4.33. The number of thiocarbonyl (C=S) groups is 1. The Kier molecular flexibility index (Phi) is 5.71. The molecule has 0 unspecified atom stereocenters. The topological polar surface area (TPSA) is 45.6 Å². The molecule has 0 bridgehead atoms. The number of pyridine rings is 1. The zero-order valence-electron chi connectivity index (χ0n) is 15.8. The van der Waals surface area contributed by atoms with Gasteiger partial charge in [-0.3, -0.25) is 9.88 Å². The summed E-state index contributed by atoms with van der Waals surface area (Å²) in [6.07, 6.45) is 7.21. The van der Waals surface area contributed by atoms with Crippen LogP contribution < -0.4 is 5.32 Å². The Morgan fingerprint density at radius 1 is 1.22 bits per heavy atom. The van der Waals surface area contributed by atoms with Crippen LogP contribution in [0.4, 0.5) is 0 Å². The van der Waals surface area contributed by atoms with Crippen molar-refractivity contribution in [2.45, 2.75) is 18.5 Å². The summed E-state index contributed by atoms with van der Waals surface area (Å²) < 4.78 is 7.54. The number of morpholine rings is 1. The number of rotatable bonds is 6. The molecule has 0 aromatic carbocycles. The summed E-state index contributed by atoms with van der Waals surface area (Å²) in [4.78, 5) is 9.40. The lowest BCUT2D eigenvalue weighted by molar-refractivity contribution is 0.0365. The summed E-state index contributed by atoms with van der Waals surface area (Å²) in [6.45, 7) is 5.77. The molecule has 27 heavy (non-hydrogen) atoms. The van der Waals surface area contributed by atoms with Crippen molar-refractivity contribution in [3.05, 3.63) is 54.1 Å². The Labute approximate surface area is 166 Å². The quantitative estimate of drug-likeness (QED) is 0.769. The molecule has 4 heterocycles. The van der Waals surface area contributed by atoms with Gasteiger partial charge in [0.15, 0.2) is 5.11 Å². The second kappa shape index (κ2) is 8.37. The van der Waals surface area contributed by atoms with Crippen molar-refractivity contribution < 1.29 is 4.74 Å². The van der Waals surface area contributed by atoms with Crippen molar-refractivity contribution in [1.29, 1.82) is 0 Å². The largest absolute Gasteiger partial charge is 0.379 e. The number of aromatic nitrogens is 2. The highest BCUT2D eigenvalue weighted by atomic mass is 32.1. The summed E-state index contributed by atoms with van der Waals surface area (Å²) in [7, 11) is 2.06. The van der Waals surface area contributed by atoms with Crippen LogP contribution in [-0.4, -0.2) is 63.9 Å². The van der Waals surface area contributed by atoms with Crippen molar-refractivity contribution in [3.63, 3.8) is 0 Å². The second-order valence-corrected chi connectivity index (χ2v) is 7.62. The maximum Gasteiger partial charge on any atom is 0.170 e. The van der Waals surface area contributed by atoms with Crippen molar-refractivity contribution in [2.75, 3.05) is 39.4 Å². The second-order valence-electron chi connectivity index (χ2n) is 7.24. The van der Waals surface area contributed by atoms with Crippen LogP contribution in [0, 0.1) is 0 Å². The predicted molar refractivity (Wildman–Crippen MR) is 109 cm³/mol. The molecular weight excluding hydrogens is 358 g/mol. The molecule has 0 spiro atoms. The van der Waals surface area contributed by atoms with E-state index in [1.165, 1.54) is 5.56 Å². The third-order valence-electron chi connectivity index (χ3n) is 5.37. The van der Waals surface area contributed by atoms with Gasteiger partial charge in [-0.25, -0.2) is 0 Å². The monoisotopic (exact) mass is 385 g/mol. The van der Waals surface area contributed by atoms with Crippen LogP contribution in [0.1, 0.15) is 29.8 Å². The average molecular weight is 386 g/mol. The zero-order valence-corrected chi connectivity index (χ0v) is 16.6. The number of nitrogens with zero attached hydrogens (tertiary/aromatic N) is 4. The highest BCUT2D eigenvalue weighted by Crippen LogP contribution is 2.38. The van der Waals surface area contributed by atoms with Crippen LogP contribution >= 0.6 is 12.2 Å². The van der Waals surface area contributed by atoms with Crippen molar-refractivity contribution in [2.24, 2.45) is 7.05 Å². The van der Waals surface area contributed by atoms with E-state index in [1.807, 2.05) is 18.3 Å². The van der Waals surface area contributed by atoms with Crippen molar-refractivity contribution in [3.8, 4) is 0 Å². The maximum atomic E-state index is 5.72. The number of hydrogen-bond donors (Lipinski definition) is 1. The van der Waals surface area contributed by atoms with Crippen LogP contribution in [-0.2, 0) is 11.8 Å². The van der Waals surface area contributed by atoms with E-state index in [9.17, 15) is 0 Å². The Bertz CT molecular complexity index is 759. The van der Waals surface area contributed by atoms with Crippen LogP contribution in [0.3, 0.4) is 0 Å². The summed E-state index contributed by atoms with van der Waals surface area (Å²) in [6, 6.07) is 8.49. The Hall–Kier alpha value is -1.96. The molecule has 1 N–H and O–H groups in total. The minimum atomic E-state index is 0.0736. The van der Waals surface area contributed by atoms with Gasteiger partial charge in [0.1, 0.15) is 0 Å². The first kappa shape index (κ1) is 18.4. The van der Waals surface area contributed by atoms with E-state index in [4.69, 9.17) is 17.0 Å². The fraction of sp³-hybridized carbons (Fsp3) is 0.500. The molecule has 0 amide bonds. The molecule has 6 nitrogen and oxygen atoms in total. The van der Waals surface area contributed by atoms with Crippen molar-refractivity contribution >= 4 is 17.3 Å². The van der Waals surface area contributed by atoms with E-state index in [0.717, 1.165) is 56.6 Å². The minimum absolute atomic E-state index is 0.0736. The van der Waals surface area contributed by atoms with E-state index in [0.29, 0.717) is 0 Å². The molecular formula is C20H27N5OS. The fourth-order valence-electron chi connectivity index (χ4n) is 4.00. The van der Waals surface area contributed by atoms with E-state index >= 15 is 0 Å². The van der Waals surface area contributed by atoms with E-state index in [2.05, 4.69) is 56.2 Å². The third kappa shape index (κ3) is 4.15. The SMILES string of the molecule is Cn1ccc([C@@H]2[C@@H](c3ccccn3)NC(=S)N2CCCN2CCOCC2)c1. The molecule has 2 aliphatic rings. The van der Waals surface area contributed by atoms with Crippen LogP contribution in [0.5, 0.6) is 0 Å². The molecule has 2 aromatic rings. The van der Waals surface area contributed by atoms with E-state index in [1.54, 1.807) is 0 Å². The number of aryl methyl sites for hydroxylation is 1. The number of ether oxygens (including phenoxy) is 1. The van der Waals surface area contributed by atoms with Crippen LogP contribution in [0.25, 0.3) is 0 Å². The normalized spacial score (nSPS) is 23.6. The molecule has 0 saturated carbocycles. The lowest BCUT2D eigenvalue weighted by Crippen LogP contribution is -2.38. The lowest BCUT2D eigenvalue weighted by atomic mass is 9.99. The Morgan fingerprint density at radius 2 is 2.07 bits per heavy atom. The maximum absolute atomic E-state index is 5.72. The van der Waals surface area contributed by atoms with Gasteiger partial charge in [-0.15, -0.1) is 0 Å². The Balaban J connectivity index is 1.50. The summed E-state index contributed by atoms with van der Waals surface area (Å²) in [5.74, 6) is 0. The highest BCUT2D eigenvalue weighted by molar-refractivity contribution is 7.80. The summed E-state index contributed by atoms with van der Waals surface area (Å²) >= 11 is 5.72. The molecule has 7 heteroatoms. The van der Waals surface area contributed by atoms with Gasteiger partial charge in [0.2, 0.25) is 0 Å². The van der Waals surface area contributed by atoms with Gasteiger partial charge in [-0.2, -0.15) is 0 Å². The smallest absolute Gasteiger partial charge is 0.170 e. The minimum Gasteiger partial charge on any atom is -0.379 e. The first-order valence-electron chi connectivity index (χ1n) is 9.62. The van der Waals surface area contributed by atoms with E-state index in [-0.39, 0.29) is 12.1 Å². The summed E-state index contributed by atoms with van der Waals surface area (Å²) in [5.41, 5.74) is 2.30. The highest BCUT2D eigenvalue weighted by Gasteiger charge is 2.39. The van der Waals surface area contributed by atoms with Gasteiger partial charge >= 0.3 is 0 Å². The van der Waals surface area contributed by atoms with Gasteiger partial charge in [-0.1, -0.05) is 6.07 Å². The molecule has 4 rings (SSSR count). The standard InChI is InChI=1S/C20H27N5OS/c1-23-10-6-16(15-23)19-18(17-5-2-3-7-21-17)22-20(27)25(19)9-4-8-24-11-13-26-14-12-24/h2-3,5-7,10,15,18-19H,4,8-9,11-14H2,1H3,(H,22,27)/t18-,19-/m1/s1. The van der Waals surface area contributed by atoms with Gasteiger partial charge in [0, 0.05) is 51.8 Å². The summed E-state index contributed by atoms with van der Waals surface area (Å²) in [5, 5.41) is 4.34. The molecule has 2 saturated heterocycles. The first-order valence-corrected chi connectivity index (χ1v) is 10.0. The number of hydrogen-bond acceptors (Lipinski definition) is 4. The van der Waals surface area contributed by atoms with Gasteiger partial charge in [0.05, 0.1) is 31.0 Å². The number of nitrogens with one attached hydrogen (secondary N) is 1. The predicted octanol–water partition coefficient (Wildman–Crippen LogP) is 2.11. The van der Waals surface area contributed by atoms with E-state index < -0.39 is 0 Å². The third-order valence-corrected chi connectivity index (χ3v) is 5.72. The molecule has 0 radical (unpaired) electrons. The van der Waals surface area contributed by atoms with Gasteiger partial charge < -0.3 is 19.5 Å². The van der Waals surface area contributed by atoms with Gasteiger partial charge in [0.25, 0.3) is 0 Å². The molecule has 144 valence electrons. The lowest BCUT2D eigenvalue weighted by Gasteiger charge is -2.30. The Morgan fingerprint density at radius 3 is 2.78 bits per heavy atom. The van der Waals surface area contributed by atoms with Crippen molar-refractivity contribution in [1.82, 2.24) is 24.7 Å². The van der Waals surface area contributed by atoms with Crippen LogP contribution in [0.15, 0.2) is 42.9 Å². The first-order chi connectivity index (χ1) is 13.2. The molecule has 2 atom stereocenters. The van der Waals surface area contributed by atoms with Gasteiger partial charge in [-0.05, 0) is 42.4 Å². The van der Waals surface area contributed by atoms with Crippen LogP contribution in [0.2, 0.25) is 0 Å². The average Bonchev–Trinajstić information content (AvgIpc) is 3.27. The molecule has 2 fully saturated rings. The molecule has 2 aliphatic heterocycles. The molecule has 0 aliphatic carbocycles. The zero-order chi connectivity index (χ0) is 18.6.